The van der Waals surface area contributed by atoms with E-state index < -0.39 is 5.82 Å². The fourth-order valence-electron chi connectivity index (χ4n) is 2.25. The lowest BCUT2D eigenvalue weighted by molar-refractivity contribution is -0.119. The summed E-state index contributed by atoms with van der Waals surface area (Å²) < 4.78 is 13.0. The van der Waals surface area contributed by atoms with Gasteiger partial charge in [-0.25, -0.2) is 4.39 Å². The van der Waals surface area contributed by atoms with Crippen molar-refractivity contribution in [3.8, 4) is 0 Å². The van der Waals surface area contributed by atoms with Gasteiger partial charge in [-0.05, 0) is 43.0 Å². The summed E-state index contributed by atoms with van der Waals surface area (Å²) in [5.74, 6) is -0.588. The van der Waals surface area contributed by atoms with Crippen molar-refractivity contribution in [2.24, 2.45) is 11.1 Å². The van der Waals surface area contributed by atoms with Crippen LogP contribution >= 0.6 is 11.6 Å². The van der Waals surface area contributed by atoms with Gasteiger partial charge in [0.05, 0.1) is 5.02 Å². The minimum absolute atomic E-state index is 0.00461. The second-order valence-electron chi connectivity index (χ2n) is 4.91. The maximum Gasteiger partial charge on any atom is 0.224 e. The van der Waals surface area contributed by atoms with E-state index in [0.717, 1.165) is 19.3 Å². The number of benzene rings is 1. The van der Waals surface area contributed by atoms with Gasteiger partial charge < -0.3 is 11.1 Å². The van der Waals surface area contributed by atoms with Crippen LogP contribution in [0.1, 0.15) is 25.7 Å². The summed E-state index contributed by atoms with van der Waals surface area (Å²) in [4.78, 5) is 11.9. The molecule has 2 rings (SSSR count). The van der Waals surface area contributed by atoms with Crippen LogP contribution in [-0.2, 0) is 4.79 Å². The standard InChI is InChI=1S/C13H16ClFN2O/c14-10-6-9(2-3-11(10)15)17-12(18)7-13(8-16)4-1-5-13/h2-3,6H,1,4-5,7-8,16H2,(H,17,18). The third-order valence-electron chi connectivity index (χ3n) is 3.59. The molecule has 1 aromatic carbocycles. The van der Waals surface area contributed by atoms with Crippen LogP contribution in [0.15, 0.2) is 18.2 Å². The summed E-state index contributed by atoms with van der Waals surface area (Å²) in [7, 11) is 0. The van der Waals surface area contributed by atoms with Gasteiger partial charge in [-0.1, -0.05) is 18.0 Å². The Morgan fingerprint density at radius 2 is 2.22 bits per heavy atom. The van der Waals surface area contributed by atoms with Gasteiger partial charge in [0.1, 0.15) is 5.82 Å². The summed E-state index contributed by atoms with van der Waals surface area (Å²) in [6.45, 7) is 0.532. The third-order valence-corrected chi connectivity index (χ3v) is 3.88. The smallest absolute Gasteiger partial charge is 0.224 e. The number of hydrogen-bond acceptors (Lipinski definition) is 2. The topological polar surface area (TPSA) is 55.1 Å². The van der Waals surface area contributed by atoms with E-state index in [1.54, 1.807) is 0 Å². The fraction of sp³-hybridized carbons (Fsp3) is 0.462. The molecular weight excluding hydrogens is 255 g/mol. The van der Waals surface area contributed by atoms with Crippen molar-refractivity contribution in [2.75, 3.05) is 11.9 Å². The van der Waals surface area contributed by atoms with E-state index in [1.165, 1.54) is 18.2 Å². The highest BCUT2D eigenvalue weighted by Gasteiger charge is 2.37. The average Bonchev–Trinajstić information content (AvgIpc) is 2.29. The van der Waals surface area contributed by atoms with E-state index in [9.17, 15) is 9.18 Å². The summed E-state index contributed by atoms with van der Waals surface area (Å²) in [6.07, 6.45) is 3.55. The zero-order valence-corrected chi connectivity index (χ0v) is 10.8. The van der Waals surface area contributed by atoms with Crippen LogP contribution in [0.25, 0.3) is 0 Å². The zero-order chi connectivity index (χ0) is 13.2. The minimum atomic E-state index is -0.493. The average molecular weight is 271 g/mol. The first kappa shape index (κ1) is 13.3. The Morgan fingerprint density at radius 1 is 1.50 bits per heavy atom. The Hall–Kier alpha value is -1.13. The molecule has 0 aromatic heterocycles. The molecule has 0 aliphatic heterocycles. The maximum atomic E-state index is 13.0. The Bertz CT molecular complexity index is 455. The number of rotatable bonds is 4. The van der Waals surface area contributed by atoms with Crippen LogP contribution < -0.4 is 11.1 Å². The van der Waals surface area contributed by atoms with Gasteiger partial charge in [-0.2, -0.15) is 0 Å². The van der Waals surface area contributed by atoms with Gasteiger partial charge in [-0.15, -0.1) is 0 Å². The molecule has 0 saturated heterocycles. The molecule has 5 heteroatoms. The van der Waals surface area contributed by atoms with Crippen molar-refractivity contribution < 1.29 is 9.18 Å². The lowest BCUT2D eigenvalue weighted by Gasteiger charge is -2.40. The molecule has 1 aliphatic rings. The molecule has 3 nitrogen and oxygen atoms in total. The number of hydrogen-bond donors (Lipinski definition) is 2. The molecule has 3 N–H and O–H groups in total. The molecule has 0 unspecified atom stereocenters. The maximum absolute atomic E-state index is 13.0. The molecule has 18 heavy (non-hydrogen) atoms. The first-order valence-electron chi connectivity index (χ1n) is 6.00. The molecule has 0 atom stereocenters. The van der Waals surface area contributed by atoms with Crippen molar-refractivity contribution >= 4 is 23.2 Å². The lowest BCUT2D eigenvalue weighted by atomic mass is 9.66. The molecule has 1 aliphatic carbocycles. The second kappa shape index (κ2) is 5.24. The van der Waals surface area contributed by atoms with Gasteiger partial charge in [0.15, 0.2) is 0 Å². The molecule has 1 fully saturated rings. The number of nitrogens with two attached hydrogens (primary N) is 1. The van der Waals surface area contributed by atoms with E-state index in [1.807, 2.05) is 0 Å². The van der Waals surface area contributed by atoms with Crippen LogP contribution in [0, 0.1) is 11.2 Å². The molecule has 1 saturated carbocycles. The molecular formula is C13H16ClFN2O. The van der Waals surface area contributed by atoms with Crippen LogP contribution in [0.2, 0.25) is 5.02 Å². The molecule has 0 heterocycles. The first-order chi connectivity index (χ1) is 8.54. The van der Waals surface area contributed by atoms with E-state index in [4.69, 9.17) is 17.3 Å². The predicted octanol–water partition coefficient (Wildman–Crippen LogP) is 2.94. The molecule has 1 amide bonds. The summed E-state index contributed by atoms with van der Waals surface area (Å²) in [6, 6.07) is 4.14. The highest BCUT2D eigenvalue weighted by molar-refractivity contribution is 6.31. The SMILES string of the molecule is NCC1(CC(=O)Nc2ccc(F)c(Cl)c2)CCC1. The number of halogens is 2. The second-order valence-corrected chi connectivity index (χ2v) is 5.32. The van der Waals surface area contributed by atoms with E-state index in [0.29, 0.717) is 18.7 Å². The number of carbonyl (C=O) groups excluding carboxylic acids is 1. The highest BCUT2D eigenvalue weighted by atomic mass is 35.5. The van der Waals surface area contributed by atoms with Gasteiger partial charge in [0.2, 0.25) is 5.91 Å². The normalized spacial score (nSPS) is 17.1. The van der Waals surface area contributed by atoms with E-state index >= 15 is 0 Å². The molecule has 0 spiro atoms. The predicted molar refractivity (Wildman–Crippen MR) is 70.0 cm³/mol. The van der Waals surface area contributed by atoms with Gasteiger partial charge in [0.25, 0.3) is 0 Å². The van der Waals surface area contributed by atoms with Crippen LogP contribution in [-0.4, -0.2) is 12.5 Å². The van der Waals surface area contributed by atoms with Crippen molar-refractivity contribution in [2.45, 2.75) is 25.7 Å². The molecule has 1 aromatic rings. The largest absolute Gasteiger partial charge is 0.330 e. The fourth-order valence-corrected chi connectivity index (χ4v) is 2.43. The summed E-state index contributed by atoms with van der Waals surface area (Å²) >= 11 is 5.65. The van der Waals surface area contributed by atoms with Gasteiger partial charge >= 0.3 is 0 Å². The van der Waals surface area contributed by atoms with Gasteiger partial charge in [0, 0.05) is 12.1 Å². The van der Waals surface area contributed by atoms with Crippen LogP contribution in [0.4, 0.5) is 10.1 Å². The Labute approximate surface area is 111 Å². The van der Waals surface area contributed by atoms with Crippen LogP contribution in [0.5, 0.6) is 0 Å². The molecule has 0 radical (unpaired) electrons. The monoisotopic (exact) mass is 270 g/mol. The van der Waals surface area contributed by atoms with Crippen molar-refractivity contribution in [1.82, 2.24) is 0 Å². The zero-order valence-electron chi connectivity index (χ0n) is 10.0. The molecule has 0 bridgehead atoms. The number of anilines is 1. The number of nitrogens with one attached hydrogen (secondary N) is 1. The summed E-state index contributed by atoms with van der Waals surface area (Å²) in [5, 5.41) is 2.73. The third kappa shape index (κ3) is 2.82. The Kier molecular flexibility index (Phi) is 3.88. The van der Waals surface area contributed by atoms with E-state index in [-0.39, 0.29) is 16.3 Å². The van der Waals surface area contributed by atoms with Crippen molar-refractivity contribution in [3.63, 3.8) is 0 Å². The quantitative estimate of drug-likeness (QED) is 0.884. The van der Waals surface area contributed by atoms with Crippen molar-refractivity contribution in [3.05, 3.63) is 29.0 Å². The summed E-state index contributed by atoms with van der Waals surface area (Å²) in [5.41, 5.74) is 6.18. The highest BCUT2D eigenvalue weighted by Crippen LogP contribution is 2.43. The van der Waals surface area contributed by atoms with Crippen molar-refractivity contribution in [1.29, 1.82) is 0 Å². The number of carbonyl (C=O) groups is 1. The Balaban J connectivity index is 1.96. The lowest BCUT2D eigenvalue weighted by Crippen LogP contribution is -2.40. The minimum Gasteiger partial charge on any atom is -0.330 e. The Morgan fingerprint density at radius 3 is 2.72 bits per heavy atom. The van der Waals surface area contributed by atoms with Gasteiger partial charge in [-0.3, -0.25) is 4.79 Å². The number of amides is 1. The van der Waals surface area contributed by atoms with E-state index in [2.05, 4.69) is 5.32 Å². The molecule has 98 valence electrons. The van der Waals surface area contributed by atoms with Crippen LogP contribution in [0.3, 0.4) is 0 Å². The first-order valence-corrected chi connectivity index (χ1v) is 6.37.